The molecule has 7 nitrogen and oxygen atoms in total. The molecule has 0 aliphatic carbocycles. The third kappa shape index (κ3) is 6.71. The van der Waals surface area contributed by atoms with Crippen molar-refractivity contribution < 1.29 is 18.0 Å². The number of sulfonamides is 1. The summed E-state index contributed by atoms with van der Waals surface area (Å²) in [4.78, 5) is 27.6. The minimum atomic E-state index is -3.78. The summed E-state index contributed by atoms with van der Waals surface area (Å²) in [6, 6.07) is 13.4. The molecule has 0 heterocycles. The number of rotatable bonds is 10. The molecule has 0 saturated carbocycles. The third-order valence-corrected chi connectivity index (χ3v) is 6.40. The van der Waals surface area contributed by atoms with Crippen LogP contribution in [0.15, 0.2) is 48.5 Å². The van der Waals surface area contributed by atoms with Gasteiger partial charge in [-0.25, -0.2) is 8.42 Å². The average molecular weight is 480 g/mol. The molecule has 0 aliphatic rings. The summed E-state index contributed by atoms with van der Waals surface area (Å²) in [6.07, 6.45) is 1.44. The second kappa shape index (κ2) is 11.3. The summed E-state index contributed by atoms with van der Waals surface area (Å²) in [6.45, 7) is 5.55. The van der Waals surface area contributed by atoms with E-state index in [4.69, 9.17) is 11.6 Å². The zero-order valence-electron chi connectivity index (χ0n) is 18.8. The zero-order valence-corrected chi connectivity index (χ0v) is 20.4. The second-order valence-electron chi connectivity index (χ2n) is 7.53. The number of amides is 2. The molecule has 0 saturated heterocycles. The molecule has 2 amide bonds. The maximum absolute atomic E-state index is 13.5. The fourth-order valence-corrected chi connectivity index (χ4v) is 4.62. The van der Waals surface area contributed by atoms with Crippen molar-refractivity contribution >= 4 is 39.1 Å². The first kappa shape index (κ1) is 25.7. The Morgan fingerprint density at radius 3 is 2.28 bits per heavy atom. The van der Waals surface area contributed by atoms with E-state index in [0.717, 1.165) is 16.1 Å². The van der Waals surface area contributed by atoms with Crippen molar-refractivity contribution in [3.8, 4) is 0 Å². The van der Waals surface area contributed by atoms with E-state index in [1.807, 2.05) is 44.2 Å². The van der Waals surface area contributed by atoms with Gasteiger partial charge in [-0.3, -0.25) is 13.9 Å². The smallest absolute Gasteiger partial charge is 0.244 e. The number of benzene rings is 2. The Hall–Kier alpha value is -2.58. The summed E-state index contributed by atoms with van der Waals surface area (Å²) in [5.41, 5.74) is 1.84. The van der Waals surface area contributed by atoms with Gasteiger partial charge in [0.05, 0.1) is 11.9 Å². The van der Waals surface area contributed by atoms with Gasteiger partial charge in [0.15, 0.2) is 0 Å². The van der Waals surface area contributed by atoms with Crippen LogP contribution in [0.1, 0.15) is 31.4 Å². The van der Waals surface area contributed by atoms with Crippen LogP contribution in [0.5, 0.6) is 0 Å². The first-order valence-electron chi connectivity index (χ1n) is 10.4. The van der Waals surface area contributed by atoms with Gasteiger partial charge >= 0.3 is 0 Å². The summed E-state index contributed by atoms with van der Waals surface area (Å²) >= 11 is 6.02. The van der Waals surface area contributed by atoms with E-state index < -0.39 is 28.5 Å². The van der Waals surface area contributed by atoms with Crippen LogP contribution in [0.2, 0.25) is 5.02 Å². The number of carbonyl (C=O) groups is 2. The minimum Gasteiger partial charge on any atom is -0.355 e. The quantitative estimate of drug-likeness (QED) is 0.566. The average Bonchev–Trinajstić information content (AvgIpc) is 2.72. The maximum atomic E-state index is 13.5. The van der Waals surface area contributed by atoms with Crippen LogP contribution >= 0.6 is 11.6 Å². The highest BCUT2D eigenvalue weighted by atomic mass is 35.5. The van der Waals surface area contributed by atoms with Crippen molar-refractivity contribution in [2.45, 2.75) is 39.8 Å². The Labute approximate surface area is 195 Å². The van der Waals surface area contributed by atoms with E-state index in [0.29, 0.717) is 29.2 Å². The Kier molecular flexibility index (Phi) is 9.09. The summed E-state index contributed by atoms with van der Waals surface area (Å²) < 4.78 is 26.3. The predicted octanol–water partition coefficient (Wildman–Crippen LogP) is 3.36. The molecule has 2 rings (SSSR count). The predicted molar refractivity (Wildman–Crippen MR) is 128 cm³/mol. The van der Waals surface area contributed by atoms with E-state index in [9.17, 15) is 18.0 Å². The number of likely N-dealkylation sites (N-methyl/N-ethyl adjacent to an activating group) is 1. The van der Waals surface area contributed by atoms with E-state index in [-0.39, 0.29) is 12.5 Å². The third-order valence-electron chi connectivity index (χ3n) is 5.04. The van der Waals surface area contributed by atoms with Crippen LogP contribution in [0, 0.1) is 6.92 Å². The molecule has 1 N–H and O–H groups in total. The number of anilines is 1. The van der Waals surface area contributed by atoms with Crippen molar-refractivity contribution in [3.63, 3.8) is 0 Å². The van der Waals surface area contributed by atoms with Gasteiger partial charge in [-0.1, -0.05) is 48.9 Å². The lowest BCUT2D eigenvalue weighted by Crippen LogP contribution is -2.52. The Morgan fingerprint density at radius 1 is 1.09 bits per heavy atom. The molecule has 0 unspecified atom stereocenters. The molecule has 0 aromatic heterocycles. The van der Waals surface area contributed by atoms with E-state index in [1.165, 1.54) is 4.90 Å². The standard InChI is InChI=1S/C23H30ClN3O4S/c1-5-20(23(29)25-6-2)26(15-18-10-8-7-9-11-18)22(28)16-27(32(4,30)31)21-13-12-19(24)14-17(21)3/h7-14,20H,5-6,15-16H2,1-4H3,(H,25,29)/t20-/m0/s1. The van der Waals surface area contributed by atoms with E-state index >= 15 is 0 Å². The highest BCUT2D eigenvalue weighted by molar-refractivity contribution is 7.92. The monoisotopic (exact) mass is 479 g/mol. The van der Waals surface area contributed by atoms with Crippen molar-refractivity contribution in [2.24, 2.45) is 0 Å². The SMILES string of the molecule is CCNC(=O)[C@H](CC)N(Cc1ccccc1)C(=O)CN(c1ccc(Cl)cc1C)S(C)(=O)=O. The van der Waals surface area contributed by atoms with Gasteiger partial charge in [0.25, 0.3) is 0 Å². The lowest BCUT2D eigenvalue weighted by molar-refractivity contribution is -0.140. The summed E-state index contributed by atoms with van der Waals surface area (Å²) in [7, 11) is -3.78. The lowest BCUT2D eigenvalue weighted by Gasteiger charge is -2.33. The fraction of sp³-hybridized carbons (Fsp3) is 0.391. The van der Waals surface area contributed by atoms with Crippen LogP contribution in [-0.4, -0.2) is 50.5 Å². The topological polar surface area (TPSA) is 86.8 Å². The first-order chi connectivity index (χ1) is 15.1. The minimum absolute atomic E-state index is 0.187. The lowest BCUT2D eigenvalue weighted by atomic mass is 10.1. The van der Waals surface area contributed by atoms with Gasteiger partial charge in [0.1, 0.15) is 12.6 Å². The molecule has 0 spiro atoms. The molecule has 174 valence electrons. The largest absolute Gasteiger partial charge is 0.355 e. The molecule has 9 heteroatoms. The fourth-order valence-electron chi connectivity index (χ4n) is 3.49. The first-order valence-corrected chi connectivity index (χ1v) is 12.7. The van der Waals surface area contributed by atoms with Crippen LogP contribution in [0.4, 0.5) is 5.69 Å². The van der Waals surface area contributed by atoms with Gasteiger partial charge in [0.2, 0.25) is 21.8 Å². The number of carbonyl (C=O) groups excluding carboxylic acids is 2. The van der Waals surface area contributed by atoms with Crippen LogP contribution < -0.4 is 9.62 Å². The highest BCUT2D eigenvalue weighted by Gasteiger charge is 2.31. The molecule has 2 aromatic carbocycles. The maximum Gasteiger partial charge on any atom is 0.244 e. The molecule has 0 fully saturated rings. The molecule has 32 heavy (non-hydrogen) atoms. The Bertz CT molecular complexity index is 1040. The number of nitrogens with one attached hydrogen (secondary N) is 1. The summed E-state index contributed by atoms with van der Waals surface area (Å²) in [5.74, 6) is -0.736. The molecular formula is C23H30ClN3O4S. The second-order valence-corrected chi connectivity index (χ2v) is 9.87. The zero-order chi connectivity index (χ0) is 23.9. The van der Waals surface area contributed by atoms with Gasteiger partial charge in [-0.05, 0) is 49.6 Å². The molecule has 1 atom stereocenters. The Balaban J connectivity index is 2.44. The normalized spacial score (nSPS) is 12.2. The van der Waals surface area contributed by atoms with E-state index in [1.54, 1.807) is 25.1 Å². The number of nitrogens with zero attached hydrogens (tertiary/aromatic N) is 2. The highest BCUT2D eigenvalue weighted by Crippen LogP contribution is 2.26. The van der Waals surface area contributed by atoms with Crippen molar-refractivity contribution in [1.82, 2.24) is 10.2 Å². The molecule has 0 aliphatic heterocycles. The van der Waals surface area contributed by atoms with E-state index in [2.05, 4.69) is 5.32 Å². The van der Waals surface area contributed by atoms with Crippen LogP contribution in [0.25, 0.3) is 0 Å². The van der Waals surface area contributed by atoms with Crippen molar-refractivity contribution in [1.29, 1.82) is 0 Å². The number of halogens is 1. The molecule has 2 aromatic rings. The number of hydrogen-bond acceptors (Lipinski definition) is 4. The summed E-state index contributed by atoms with van der Waals surface area (Å²) in [5, 5.41) is 3.24. The number of aryl methyl sites for hydroxylation is 1. The molecular weight excluding hydrogens is 450 g/mol. The van der Waals surface area contributed by atoms with Gasteiger partial charge in [-0.2, -0.15) is 0 Å². The van der Waals surface area contributed by atoms with Crippen molar-refractivity contribution in [2.75, 3.05) is 23.7 Å². The molecule has 0 radical (unpaired) electrons. The van der Waals surface area contributed by atoms with Gasteiger partial charge < -0.3 is 10.2 Å². The number of hydrogen-bond donors (Lipinski definition) is 1. The van der Waals surface area contributed by atoms with Crippen LogP contribution in [0.3, 0.4) is 0 Å². The molecule has 0 bridgehead atoms. The van der Waals surface area contributed by atoms with Crippen molar-refractivity contribution in [3.05, 3.63) is 64.7 Å². The van der Waals surface area contributed by atoms with Gasteiger partial charge in [0, 0.05) is 18.1 Å². The Morgan fingerprint density at radius 2 is 1.75 bits per heavy atom. The van der Waals surface area contributed by atoms with Gasteiger partial charge in [-0.15, -0.1) is 0 Å². The van der Waals surface area contributed by atoms with Crippen LogP contribution in [-0.2, 0) is 26.2 Å².